The Balaban J connectivity index is 2.29. The second-order valence-corrected chi connectivity index (χ2v) is 5.47. The number of rotatable bonds is 8. The molecule has 0 fully saturated rings. The number of carbonyl (C=O) groups is 1. The van der Waals surface area contributed by atoms with Crippen LogP contribution in [-0.4, -0.2) is 19.1 Å². The molecule has 0 unspecified atom stereocenters. The van der Waals surface area contributed by atoms with Crippen molar-refractivity contribution in [3.8, 4) is 17.6 Å². The molecular formula is C18H24ClNO2. The van der Waals surface area contributed by atoms with Crippen molar-refractivity contribution in [2.45, 2.75) is 39.5 Å². The van der Waals surface area contributed by atoms with Gasteiger partial charge in [-0.3, -0.25) is 4.79 Å². The molecule has 0 spiro atoms. The van der Waals surface area contributed by atoms with Gasteiger partial charge in [0.15, 0.2) is 0 Å². The van der Waals surface area contributed by atoms with Crippen LogP contribution in [0.3, 0.4) is 0 Å². The summed E-state index contributed by atoms with van der Waals surface area (Å²) < 4.78 is 5.45. The highest BCUT2D eigenvalue weighted by Crippen LogP contribution is 2.22. The summed E-state index contributed by atoms with van der Waals surface area (Å²) in [5, 5.41) is 3.44. The van der Waals surface area contributed by atoms with Crippen LogP contribution in [0, 0.1) is 17.8 Å². The van der Waals surface area contributed by atoms with Crippen LogP contribution in [0.15, 0.2) is 24.3 Å². The Kier molecular flexibility index (Phi) is 9.18. The topological polar surface area (TPSA) is 38.3 Å². The van der Waals surface area contributed by atoms with E-state index in [-0.39, 0.29) is 18.4 Å². The third kappa shape index (κ3) is 6.87. The van der Waals surface area contributed by atoms with Crippen LogP contribution >= 0.6 is 11.6 Å². The summed E-state index contributed by atoms with van der Waals surface area (Å²) >= 11 is 5.97. The average molecular weight is 322 g/mol. The number of hydrogen-bond acceptors (Lipinski definition) is 2. The van der Waals surface area contributed by atoms with Crippen molar-refractivity contribution in [2.75, 3.05) is 13.2 Å². The Morgan fingerprint density at radius 3 is 2.55 bits per heavy atom. The fourth-order valence-electron chi connectivity index (χ4n) is 2.17. The van der Waals surface area contributed by atoms with E-state index in [1.54, 1.807) is 12.1 Å². The minimum absolute atomic E-state index is 0.102. The molecule has 0 aliphatic rings. The monoisotopic (exact) mass is 321 g/mol. The lowest BCUT2D eigenvalue weighted by Crippen LogP contribution is -2.31. The molecule has 1 aromatic rings. The molecule has 0 saturated heterocycles. The second kappa shape index (κ2) is 11.0. The maximum absolute atomic E-state index is 12.0. The second-order valence-electron chi connectivity index (χ2n) is 5.06. The van der Waals surface area contributed by atoms with E-state index in [9.17, 15) is 4.79 Å². The molecule has 0 aliphatic carbocycles. The SMILES string of the molecule is CCCC(CCC)C(=O)NCC#CCOc1ccccc1Cl. The van der Waals surface area contributed by atoms with Crippen LogP contribution in [0.4, 0.5) is 0 Å². The molecule has 0 heterocycles. The standard InChI is InChI=1S/C18H24ClNO2/c1-3-9-15(10-4-2)18(21)20-13-7-8-14-22-17-12-6-5-11-16(17)19/h5-6,11-12,15H,3-4,9-10,13-14H2,1-2H3,(H,20,21). The Morgan fingerprint density at radius 2 is 1.91 bits per heavy atom. The predicted molar refractivity (Wildman–Crippen MR) is 91.0 cm³/mol. The lowest BCUT2D eigenvalue weighted by molar-refractivity contribution is -0.125. The molecular weight excluding hydrogens is 298 g/mol. The van der Waals surface area contributed by atoms with E-state index in [0.717, 1.165) is 25.7 Å². The highest BCUT2D eigenvalue weighted by atomic mass is 35.5. The summed E-state index contributed by atoms with van der Waals surface area (Å²) in [6.45, 7) is 4.81. The number of nitrogens with one attached hydrogen (secondary N) is 1. The molecule has 1 aromatic carbocycles. The number of hydrogen-bond donors (Lipinski definition) is 1. The summed E-state index contributed by atoms with van der Waals surface area (Å²) in [6.07, 6.45) is 3.91. The maximum Gasteiger partial charge on any atom is 0.223 e. The molecule has 22 heavy (non-hydrogen) atoms. The predicted octanol–water partition coefficient (Wildman–Crippen LogP) is 4.05. The van der Waals surface area contributed by atoms with E-state index >= 15 is 0 Å². The van der Waals surface area contributed by atoms with Crippen molar-refractivity contribution >= 4 is 17.5 Å². The van der Waals surface area contributed by atoms with Crippen molar-refractivity contribution in [3.05, 3.63) is 29.3 Å². The van der Waals surface area contributed by atoms with Crippen molar-refractivity contribution in [1.82, 2.24) is 5.32 Å². The summed E-state index contributed by atoms with van der Waals surface area (Å²) in [7, 11) is 0. The van der Waals surface area contributed by atoms with Crippen molar-refractivity contribution < 1.29 is 9.53 Å². The first-order valence-electron chi connectivity index (χ1n) is 7.79. The molecule has 3 nitrogen and oxygen atoms in total. The highest BCUT2D eigenvalue weighted by Gasteiger charge is 2.15. The molecule has 1 amide bonds. The Labute approximate surface area is 138 Å². The van der Waals surface area contributed by atoms with E-state index in [0.29, 0.717) is 17.3 Å². The van der Waals surface area contributed by atoms with Crippen molar-refractivity contribution in [2.24, 2.45) is 5.92 Å². The summed E-state index contributed by atoms with van der Waals surface area (Å²) in [4.78, 5) is 12.0. The van der Waals surface area contributed by atoms with Gasteiger partial charge in [-0.2, -0.15) is 0 Å². The quantitative estimate of drug-likeness (QED) is 0.733. The molecule has 0 bridgehead atoms. The number of amides is 1. The van der Waals surface area contributed by atoms with Gasteiger partial charge in [0, 0.05) is 5.92 Å². The first-order chi connectivity index (χ1) is 10.7. The van der Waals surface area contributed by atoms with E-state index in [2.05, 4.69) is 31.0 Å². The van der Waals surface area contributed by atoms with Crippen LogP contribution in [-0.2, 0) is 4.79 Å². The zero-order valence-corrected chi connectivity index (χ0v) is 14.1. The first kappa shape index (κ1) is 18.4. The Hall–Kier alpha value is -1.66. The van der Waals surface area contributed by atoms with Crippen molar-refractivity contribution in [1.29, 1.82) is 0 Å². The molecule has 0 aromatic heterocycles. The number of benzene rings is 1. The maximum atomic E-state index is 12.0. The molecule has 0 aliphatic heterocycles. The van der Waals surface area contributed by atoms with Gasteiger partial charge in [0.05, 0.1) is 11.6 Å². The number of para-hydroxylation sites is 1. The molecule has 1 N–H and O–H groups in total. The third-order valence-electron chi connectivity index (χ3n) is 3.26. The van der Waals surface area contributed by atoms with E-state index in [4.69, 9.17) is 16.3 Å². The minimum Gasteiger partial charge on any atom is -0.479 e. The van der Waals surface area contributed by atoms with Crippen LogP contribution in [0.1, 0.15) is 39.5 Å². The van der Waals surface area contributed by atoms with Crippen LogP contribution in [0.2, 0.25) is 5.02 Å². The molecule has 4 heteroatoms. The van der Waals surface area contributed by atoms with E-state index in [1.165, 1.54) is 0 Å². The largest absolute Gasteiger partial charge is 0.479 e. The zero-order valence-electron chi connectivity index (χ0n) is 13.3. The Morgan fingerprint density at radius 1 is 1.23 bits per heavy atom. The van der Waals surface area contributed by atoms with E-state index in [1.807, 2.05) is 12.1 Å². The summed E-state index contributed by atoms with van der Waals surface area (Å²) in [5.74, 6) is 6.60. The van der Waals surface area contributed by atoms with Crippen LogP contribution < -0.4 is 10.1 Å². The van der Waals surface area contributed by atoms with Gasteiger partial charge in [-0.25, -0.2) is 0 Å². The summed E-state index contributed by atoms with van der Waals surface area (Å²) in [5.41, 5.74) is 0. The molecule has 0 atom stereocenters. The van der Waals surface area contributed by atoms with Gasteiger partial charge in [0.2, 0.25) is 5.91 Å². The molecule has 0 radical (unpaired) electrons. The third-order valence-corrected chi connectivity index (χ3v) is 3.57. The van der Waals surface area contributed by atoms with Gasteiger partial charge in [0.25, 0.3) is 0 Å². The van der Waals surface area contributed by atoms with Crippen LogP contribution in [0.5, 0.6) is 5.75 Å². The molecule has 120 valence electrons. The average Bonchev–Trinajstić information content (AvgIpc) is 2.52. The lowest BCUT2D eigenvalue weighted by atomic mass is 9.97. The lowest BCUT2D eigenvalue weighted by Gasteiger charge is -2.13. The van der Waals surface area contributed by atoms with Gasteiger partial charge in [0.1, 0.15) is 12.4 Å². The molecule has 1 rings (SSSR count). The molecule has 0 saturated carbocycles. The first-order valence-corrected chi connectivity index (χ1v) is 8.17. The highest BCUT2D eigenvalue weighted by molar-refractivity contribution is 6.32. The van der Waals surface area contributed by atoms with Gasteiger partial charge >= 0.3 is 0 Å². The van der Waals surface area contributed by atoms with Gasteiger partial charge in [-0.1, -0.05) is 62.3 Å². The van der Waals surface area contributed by atoms with Gasteiger partial charge < -0.3 is 10.1 Å². The fourth-order valence-corrected chi connectivity index (χ4v) is 2.36. The number of carbonyl (C=O) groups excluding carboxylic acids is 1. The van der Waals surface area contributed by atoms with Crippen LogP contribution in [0.25, 0.3) is 0 Å². The number of ether oxygens (including phenoxy) is 1. The minimum atomic E-state index is 0.102. The van der Waals surface area contributed by atoms with Crippen molar-refractivity contribution in [3.63, 3.8) is 0 Å². The number of halogens is 1. The normalized spacial score (nSPS) is 10.0. The van der Waals surface area contributed by atoms with Gasteiger partial charge in [-0.15, -0.1) is 0 Å². The Bertz CT molecular complexity index is 513. The summed E-state index contributed by atoms with van der Waals surface area (Å²) in [6, 6.07) is 7.27. The smallest absolute Gasteiger partial charge is 0.223 e. The zero-order chi connectivity index (χ0) is 16.2. The van der Waals surface area contributed by atoms with Gasteiger partial charge in [-0.05, 0) is 25.0 Å². The van der Waals surface area contributed by atoms with E-state index < -0.39 is 0 Å². The fraction of sp³-hybridized carbons (Fsp3) is 0.500.